The molecule has 1 amide bonds. The van der Waals surface area contributed by atoms with Crippen LogP contribution < -0.4 is 4.74 Å². The zero-order valence-electron chi connectivity index (χ0n) is 16.7. The van der Waals surface area contributed by atoms with E-state index in [2.05, 4.69) is 9.97 Å². The van der Waals surface area contributed by atoms with Gasteiger partial charge < -0.3 is 19.7 Å². The number of carbonyl (C=O) groups is 1. The lowest BCUT2D eigenvalue weighted by molar-refractivity contribution is -0.0481. The first-order valence-corrected chi connectivity index (χ1v) is 10.1. The monoisotopic (exact) mass is 391 g/mol. The van der Waals surface area contributed by atoms with Gasteiger partial charge in [-0.3, -0.25) is 9.78 Å². The van der Waals surface area contributed by atoms with Crippen molar-refractivity contribution in [2.24, 2.45) is 0 Å². The number of piperidine rings is 1. The quantitative estimate of drug-likeness (QED) is 0.716. The number of fused-ring (bicyclic) bond motifs is 3. The third-order valence-corrected chi connectivity index (χ3v) is 6.71. The number of nitrogens with zero attached hydrogens (tertiary/aromatic N) is 2. The van der Waals surface area contributed by atoms with Crippen molar-refractivity contribution in [1.29, 1.82) is 0 Å². The van der Waals surface area contributed by atoms with E-state index in [1.807, 2.05) is 42.2 Å². The number of hydrogen-bond donors (Lipinski definition) is 2. The fourth-order valence-corrected chi connectivity index (χ4v) is 5.29. The highest BCUT2D eigenvalue weighted by molar-refractivity contribution is 6.02. The van der Waals surface area contributed by atoms with Gasteiger partial charge in [-0.2, -0.15) is 0 Å². The second-order valence-corrected chi connectivity index (χ2v) is 8.28. The average Bonchev–Trinajstić information content (AvgIpc) is 3.23. The standard InChI is InChI=1S/C23H25N3O3/c1-14-18-4-3-5-19(29-2)21(18)25-20(14)22(27)26-16-6-7-17(26)13-23(28,12-16)15-8-10-24-11-9-15/h3-5,8-11,16-17,25,28H,6-7,12-13H2,1-2H3/t16-,17-/m0/s1. The maximum absolute atomic E-state index is 13.6. The first-order valence-electron chi connectivity index (χ1n) is 10.1. The Morgan fingerprint density at radius 3 is 2.55 bits per heavy atom. The molecule has 2 bridgehead atoms. The van der Waals surface area contributed by atoms with Crippen molar-refractivity contribution in [1.82, 2.24) is 14.9 Å². The van der Waals surface area contributed by atoms with Crippen LogP contribution in [0.4, 0.5) is 0 Å². The molecule has 0 unspecified atom stereocenters. The van der Waals surface area contributed by atoms with Crippen molar-refractivity contribution < 1.29 is 14.6 Å². The Morgan fingerprint density at radius 2 is 1.90 bits per heavy atom. The van der Waals surface area contributed by atoms with E-state index >= 15 is 0 Å². The number of rotatable bonds is 3. The molecule has 2 N–H and O–H groups in total. The number of aryl methyl sites for hydroxylation is 1. The Hall–Kier alpha value is -2.86. The predicted molar refractivity (Wildman–Crippen MR) is 110 cm³/mol. The van der Waals surface area contributed by atoms with Gasteiger partial charge in [0.1, 0.15) is 11.4 Å². The van der Waals surface area contributed by atoms with Crippen LogP contribution in [0.2, 0.25) is 0 Å². The molecule has 2 aromatic heterocycles. The van der Waals surface area contributed by atoms with Gasteiger partial charge in [0.05, 0.1) is 18.2 Å². The predicted octanol–water partition coefficient (Wildman–Crippen LogP) is 3.53. The number of nitrogens with one attached hydrogen (secondary N) is 1. The number of aromatic amines is 1. The Labute approximate surface area is 169 Å². The van der Waals surface area contributed by atoms with Crippen LogP contribution in [0.25, 0.3) is 10.9 Å². The minimum atomic E-state index is -0.899. The molecule has 6 heteroatoms. The Morgan fingerprint density at radius 1 is 1.21 bits per heavy atom. The molecule has 2 aliphatic heterocycles. The molecule has 0 aliphatic carbocycles. The van der Waals surface area contributed by atoms with Crippen LogP contribution in [-0.2, 0) is 5.60 Å². The summed E-state index contributed by atoms with van der Waals surface area (Å²) in [6.07, 6.45) is 6.39. The summed E-state index contributed by atoms with van der Waals surface area (Å²) < 4.78 is 5.46. The van der Waals surface area contributed by atoms with Gasteiger partial charge in [-0.1, -0.05) is 12.1 Å². The molecule has 0 radical (unpaired) electrons. The molecule has 2 aliphatic rings. The number of ether oxygens (including phenoxy) is 1. The number of H-pyrrole nitrogens is 1. The van der Waals surface area contributed by atoms with E-state index in [-0.39, 0.29) is 18.0 Å². The molecule has 0 saturated carbocycles. The van der Waals surface area contributed by atoms with E-state index < -0.39 is 5.60 Å². The Bertz CT molecular complexity index is 1060. The molecule has 29 heavy (non-hydrogen) atoms. The van der Waals surface area contributed by atoms with E-state index in [9.17, 15) is 9.90 Å². The van der Waals surface area contributed by atoms with E-state index in [0.717, 1.165) is 40.6 Å². The van der Waals surface area contributed by atoms with E-state index in [1.54, 1.807) is 19.5 Å². The van der Waals surface area contributed by atoms with Crippen molar-refractivity contribution in [2.45, 2.75) is 50.3 Å². The lowest BCUT2D eigenvalue weighted by atomic mass is 9.80. The topological polar surface area (TPSA) is 78.4 Å². The lowest BCUT2D eigenvalue weighted by Crippen LogP contribution is -2.52. The lowest BCUT2D eigenvalue weighted by Gasteiger charge is -2.44. The minimum Gasteiger partial charge on any atom is -0.495 e. The molecule has 2 saturated heterocycles. The minimum absolute atomic E-state index is 0.0185. The Kier molecular flexibility index (Phi) is 4.13. The van der Waals surface area contributed by atoms with Crippen molar-refractivity contribution >= 4 is 16.8 Å². The van der Waals surface area contributed by atoms with E-state index in [4.69, 9.17) is 4.74 Å². The van der Waals surface area contributed by atoms with Gasteiger partial charge in [0.15, 0.2) is 0 Å². The van der Waals surface area contributed by atoms with Crippen LogP contribution in [0.3, 0.4) is 0 Å². The second-order valence-electron chi connectivity index (χ2n) is 8.28. The number of pyridine rings is 1. The largest absolute Gasteiger partial charge is 0.495 e. The van der Waals surface area contributed by atoms with Crippen molar-refractivity contribution in [3.05, 3.63) is 59.5 Å². The van der Waals surface area contributed by atoms with Gasteiger partial charge >= 0.3 is 0 Å². The van der Waals surface area contributed by atoms with Crippen LogP contribution in [0.15, 0.2) is 42.7 Å². The van der Waals surface area contributed by atoms with Crippen molar-refractivity contribution in [3.63, 3.8) is 0 Å². The van der Waals surface area contributed by atoms with Crippen LogP contribution in [0.5, 0.6) is 5.75 Å². The summed E-state index contributed by atoms with van der Waals surface area (Å²) in [6, 6.07) is 9.67. The zero-order valence-corrected chi connectivity index (χ0v) is 16.7. The summed E-state index contributed by atoms with van der Waals surface area (Å²) in [6.45, 7) is 1.98. The van der Waals surface area contributed by atoms with E-state index in [1.165, 1.54) is 0 Å². The molecule has 6 nitrogen and oxygen atoms in total. The first kappa shape index (κ1) is 18.2. The summed E-state index contributed by atoms with van der Waals surface area (Å²) in [4.78, 5) is 22.9. The molecule has 1 aromatic carbocycles. The SMILES string of the molecule is COc1cccc2c(C)c(C(=O)N3[C@H]4CC[C@H]3CC(O)(c3ccncc3)C4)[nH]c12. The fourth-order valence-electron chi connectivity index (χ4n) is 5.29. The van der Waals surface area contributed by atoms with Crippen LogP contribution in [0, 0.1) is 6.92 Å². The number of carbonyl (C=O) groups excluding carboxylic acids is 1. The summed E-state index contributed by atoms with van der Waals surface area (Å²) in [5.41, 5.74) is 2.41. The number of amides is 1. The van der Waals surface area contributed by atoms with Gasteiger partial charge in [-0.25, -0.2) is 0 Å². The summed E-state index contributed by atoms with van der Waals surface area (Å²) >= 11 is 0. The van der Waals surface area contributed by atoms with Crippen molar-refractivity contribution in [3.8, 4) is 5.75 Å². The molecule has 2 fully saturated rings. The summed E-state index contributed by atoms with van der Waals surface area (Å²) in [7, 11) is 1.64. The Balaban J connectivity index is 1.48. The van der Waals surface area contributed by atoms with Crippen molar-refractivity contribution in [2.75, 3.05) is 7.11 Å². The molecule has 0 spiro atoms. The number of para-hydroxylation sites is 1. The van der Waals surface area contributed by atoms with Gasteiger partial charge in [0.25, 0.3) is 5.91 Å². The van der Waals surface area contributed by atoms with Gasteiger partial charge in [-0.15, -0.1) is 0 Å². The zero-order chi connectivity index (χ0) is 20.2. The second kappa shape index (κ2) is 6.59. The number of benzene rings is 1. The smallest absolute Gasteiger partial charge is 0.271 e. The maximum atomic E-state index is 13.6. The normalized spacial score (nSPS) is 26.1. The average molecular weight is 391 g/mol. The van der Waals surface area contributed by atoms with Gasteiger partial charge in [0.2, 0.25) is 0 Å². The molecule has 3 aromatic rings. The van der Waals surface area contributed by atoms with E-state index in [0.29, 0.717) is 18.5 Å². The highest BCUT2D eigenvalue weighted by Gasteiger charge is 2.50. The third kappa shape index (κ3) is 2.74. The van der Waals surface area contributed by atoms with Crippen LogP contribution in [0.1, 0.15) is 47.3 Å². The highest BCUT2D eigenvalue weighted by Crippen LogP contribution is 2.46. The maximum Gasteiger partial charge on any atom is 0.271 e. The third-order valence-electron chi connectivity index (χ3n) is 6.71. The highest BCUT2D eigenvalue weighted by atomic mass is 16.5. The van der Waals surface area contributed by atoms with Gasteiger partial charge in [0, 0.05) is 42.7 Å². The first-order chi connectivity index (χ1) is 14.0. The molecule has 5 rings (SSSR count). The summed E-state index contributed by atoms with van der Waals surface area (Å²) in [5, 5.41) is 12.3. The summed E-state index contributed by atoms with van der Waals surface area (Å²) in [5.74, 6) is 0.753. The number of hydrogen-bond acceptors (Lipinski definition) is 4. The fraction of sp³-hybridized carbons (Fsp3) is 0.391. The molecule has 150 valence electrons. The molecule has 4 heterocycles. The number of aromatic nitrogens is 2. The number of aliphatic hydroxyl groups is 1. The number of methoxy groups -OCH3 is 1. The molecule has 2 atom stereocenters. The molecular formula is C23H25N3O3. The van der Waals surface area contributed by atoms with Gasteiger partial charge in [-0.05, 0) is 49.1 Å². The van der Waals surface area contributed by atoms with Crippen LogP contribution in [-0.4, -0.2) is 45.1 Å². The van der Waals surface area contributed by atoms with Crippen LogP contribution >= 0.6 is 0 Å². The molecular weight excluding hydrogens is 366 g/mol.